The van der Waals surface area contributed by atoms with Crippen molar-refractivity contribution in [3.05, 3.63) is 17.5 Å². The molecular weight excluding hydrogens is 336 g/mol. The van der Waals surface area contributed by atoms with Crippen LogP contribution in [0.25, 0.3) is 0 Å². The Morgan fingerprint density at radius 1 is 1.38 bits per heavy atom. The lowest BCUT2D eigenvalue weighted by molar-refractivity contribution is 0.0466. The molecule has 1 aromatic rings. The van der Waals surface area contributed by atoms with Gasteiger partial charge in [-0.2, -0.15) is 0 Å². The average molecular weight is 362 g/mol. The number of nitrogens with one attached hydrogen (secondary N) is 2. The lowest BCUT2D eigenvalue weighted by Gasteiger charge is -2.34. The summed E-state index contributed by atoms with van der Waals surface area (Å²) in [5, 5.41) is 10.1. The van der Waals surface area contributed by atoms with E-state index < -0.39 is 5.60 Å². The number of amides is 3. The molecule has 4 rings (SSSR count). The zero-order valence-electron chi connectivity index (χ0n) is 15.4. The number of nitrogens with zero attached hydrogens (tertiary/aromatic N) is 2. The van der Waals surface area contributed by atoms with E-state index in [2.05, 4.69) is 15.8 Å². The highest BCUT2D eigenvalue weighted by Gasteiger charge is 2.41. The molecule has 142 valence electrons. The summed E-state index contributed by atoms with van der Waals surface area (Å²) in [6, 6.07) is 2.35. The van der Waals surface area contributed by atoms with Gasteiger partial charge in [0.1, 0.15) is 17.1 Å². The number of aromatic nitrogens is 1. The van der Waals surface area contributed by atoms with Gasteiger partial charge in [-0.3, -0.25) is 0 Å². The Bertz CT molecular complexity index is 704. The summed E-state index contributed by atoms with van der Waals surface area (Å²) in [6.45, 7) is 6.29. The molecule has 0 spiro atoms. The minimum atomic E-state index is -0.492. The predicted octanol–water partition coefficient (Wildman–Crippen LogP) is 2.67. The summed E-state index contributed by atoms with van der Waals surface area (Å²) in [7, 11) is 0. The van der Waals surface area contributed by atoms with Crippen LogP contribution in [0.1, 0.15) is 69.9 Å². The van der Waals surface area contributed by atoms with Crippen molar-refractivity contribution >= 4 is 12.1 Å². The number of fused-ring (bicyclic) bond motifs is 2. The summed E-state index contributed by atoms with van der Waals surface area (Å²) in [6.07, 6.45) is 3.12. The van der Waals surface area contributed by atoms with E-state index in [1.165, 1.54) is 0 Å². The minimum Gasteiger partial charge on any atom is -0.444 e. The van der Waals surface area contributed by atoms with Gasteiger partial charge >= 0.3 is 12.1 Å². The summed E-state index contributed by atoms with van der Waals surface area (Å²) in [5.74, 6) is 1.09. The first-order chi connectivity index (χ1) is 12.3. The highest BCUT2D eigenvalue weighted by Crippen LogP contribution is 2.40. The highest BCUT2D eigenvalue weighted by atomic mass is 16.6. The molecule has 3 heterocycles. The van der Waals surface area contributed by atoms with Crippen LogP contribution in [0.3, 0.4) is 0 Å². The van der Waals surface area contributed by atoms with Crippen LogP contribution in [-0.4, -0.2) is 46.4 Å². The number of rotatable bonds is 3. The van der Waals surface area contributed by atoms with Crippen molar-refractivity contribution in [2.24, 2.45) is 0 Å². The standard InChI is InChI=1S/C18H26N4O4/c1-18(2,3)25-17(24)20-12-6-10(7-12)15-8-13(21-26-15)14-5-4-11-9-22(14)16(23)19-11/h8,10-12,14H,4-7,9H2,1-3H3,(H,19,23)(H,20,24)/t10?,11-,12?,14-/m0/s1. The van der Waals surface area contributed by atoms with Gasteiger partial charge in [-0.1, -0.05) is 5.16 Å². The fourth-order valence-corrected chi connectivity index (χ4v) is 3.97. The summed E-state index contributed by atoms with van der Waals surface area (Å²) >= 11 is 0. The first-order valence-electron chi connectivity index (χ1n) is 9.31. The van der Waals surface area contributed by atoms with Gasteiger partial charge in [-0.15, -0.1) is 0 Å². The minimum absolute atomic E-state index is 0.00186. The van der Waals surface area contributed by atoms with Gasteiger partial charge in [0.05, 0.1) is 6.04 Å². The van der Waals surface area contributed by atoms with E-state index >= 15 is 0 Å². The lowest BCUT2D eigenvalue weighted by atomic mass is 9.78. The molecule has 8 heteroatoms. The van der Waals surface area contributed by atoms with Crippen molar-refractivity contribution in [2.45, 2.75) is 76.1 Å². The quantitative estimate of drug-likeness (QED) is 0.862. The SMILES string of the molecule is CC(C)(C)OC(=O)NC1CC(c2cc([C@@H]3CC[C@H]4CN3C(=O)N4)no2)C1. The van der Waals surface area contributed by atoms with Crippen LogP contribution >= 0.6 is 0 Å². The van der Waals surface area contributed by atoms with Crippen LogP contribution < -0.4 is 10.6 Å². The first kappa shape index (κ1) is 17.2. The second-order valence-electron chi connectivity index (χ2n) is 8.56. The van der Waals surface area contributed by atoms with Crippen LogP contribution in [0.2, 0.25) is 0 Å². The number of piperidine rings is 1. The third-order valence-corrected chi connectivity index (χ3v) is 5.32. The molecule has 3 fully saturated rings. The number of alkyl carbamates (subject to hydrolysis) is 1. The van der Waals surface area contributed by atoms with E-state index in [9.17, 15) is 9.59 Å². The van der Waals surface area contributed by atoms with E-state index in [1.54, 1.807) is 0 Å². The third kappa shape index (κ3) is 3.37. The molecule has 3 aliphatic rings. The molecule has 2 saturated heterocycles. The number of carbonyl (C=O) groups is 2. The van der Waals surface area contributed by atoms with Crippen LogP contribution in [0.15, 0.2) is 10.6 Å². The van der Waals surface area contributed by atoms with Crippen molar-refractivity contribution in [3.63, 3.8) is 0 Å². The largest absolute Gasteiger partial charge is 0.444 e. The van der Waals surface area contributed by atoms with E-state index in [0.29, 0.717) is 0 Å². The fraction of sp³-hybridized carbons (Fsp3) is 0.722. The second-order valence-corrected chi connectivity index (χ2v) is 8.56. The van der Waals surface area contributed by atoms with Crippen LogP contribution in [0.4, 0.5) is 9.59 Å². The van der Waals surface area contributed by atoms with Crippen LogP contribution in [-0.2, 0) is 4.74 Å². The maximum absolute atomic E-state index is 12.0. The number of hydrogen-bond donors (Lipinski definition) is 2. The molecule has 1 saturated carbocycles. The Balaban J connectivity index is 1.31. The van der Waals surface area contributed by atoms with E-state index in [0.717, 1.165) is 43.7 Å². The Hall–Kier alpha value is -2.25. The maximum atomic E-state index is 12.0. The van der Waals surface area contributed by atoms with Gasteiger partial charge in [0.15, 0.2) is 0 Å². The predicted molar refractivity (Wildman–Crippen MR) is 92.6 cm³/mol. The van der Waals surface area contributed by atoms with Gasteiger partial charge in [-0.25, -0.2) is 9.59 Å². The van der Waals surface area contributed by atoms with Gasteiger partial charge < -0.3 is 24.8 Å². The van der Waals surface area contributed by atoms with E-state index in [4.69, 9.17) is 9.26 Å². The topological polar surface area (TPSA) is 96.7 Å². The molecule has 1 aromatic heterocycles. The van der Waals surface area contributed by atoms with E-state index in [1.807, 2.05) is 31.7 Å². The van der Waals surface area contributed by atoms with Crippen LogP contribution in [0.5, 0.6) is 0 Å². The molecule has 0 aromatic carbocycles. The molecule has 2 N–H and O–H groups in total. The van der Waals surface area contributed by atoms with Gasteiger partial charge in [0.25, 0.3) is 0 Å². The molecule has 2 atom stereocenters. The summed E-state index contributed by atoms with van der Waals surface area (Å²) < 4.78 is 10.8. The highest BCUT2D eigenvalue weighted by molar-refractivity contribution is 5.77. The summed E-state index contributed by atoms with van der Waals surface area (Å²) in [4.78, 5) is 25.7. The maximum Gasteiger partial charge on any atom is 0.407 e. The van der Waals surface area contributed by atoms with Crippen molar-refractivity contribution < 1.29 is 18.8 Å². The Morgan fingerprint density at radius 2 is 2.15 bits per heavy atom. The molecule has 2 bridgehead atoms. The number of hydrogen-bond acceptors (Lipinski definition) is 5. The zero-order valence-corrected chi connectivity index (χ0v) is 15.4. The molecule has 0 radical (unpaired) electrons. The Kier molecular flexibility index (Phi) is 4.08. The third-order valence-electron chi connectivity index (χ3n) is 5.32. The average Bonchev–Trinajstić information content (AvgIpc) is 3.07. The monoisotopic (exact) mass is 362 g/mol. The van der Waals surface area contributed by atoms with Gasteiger partial charge in [0, 0.05) is 30.6 Å². The fourth-order valence-electron chi connectivity index (χ4n) is 3.97. The molecular formula is C18H26N4O4. The van der Waals surface area contributed by atoms with Gasteiger partial charge in [0.2, 0.25) is 0 Å². The van der Waals surface area contributed by atoms with Crippen molar-refractivity contribution in [1.82, 2.24) is 20.7 Å². The zero-order chi connectivity index (χ0) is 18.5. The molecule has 1 aliphatic carbocycles. The molecule has 0 unspecified atom stereocenters. The molecule has 3 amide bonds. The Labute approximate surface area is 152 Å². The normalized spacial score (nSPS) is 30.6. The van der Waals surface area contributed by atoms with E-state index in [-0.39, 0.29) is 36.2 Å². The molecule has 8 nitrogen and oxygen atoms in total. The smallest absolute Gasteiger partial charge is 0.407 e. The number of carbonyl (C=O) groups excluding carboxylic acids is 2. The van der Waals surface area contributed by atoms with Crippen LogP contribution in [0, 0.1) is 0 Å². The van der Waals surface area contributed by atoms with Gasteiger partial charge in [-0.05, 0) is 46.5 Å². The number of ether oxygens (including phenoxy) is 1. The molecule has 26 heavy (non-hydrogen) atoms. The number of urea groups is 1. The second kappa shape index (κ2) is 6.17. The van der Waals surface area contributed by atoms with Crippen molar-refractivity contribution in [3.8, 4) is 0 Å². The summed E-state index contributed by atoms with van der Waals surface area (Å²) in [5.41, 5.74) is 0.340. The molecule has 2 aliphatic heterocycles. The van der Waals surface area contributed by atoms with Crippen molar-refractivity contribution in [1.29, 1.82) is 0 Å². The lowest BCUT2D eigenvalue weighted by Crippen LogP contribution is -2.45. The van der Waals surface area contributed by atoms with Crippen molar-refractivity contribution in [2.75, 3.05) is 6.54 Å². The Morgan fingerprint density at radius 3 is 2.88 bits per heavy atom. The first-order valence-corrected chi connectivity index (χ1v) is 9.31.